The number of rotatable bonds is 4. The number of hydrogen-bond donors (Lipinski definition) is 0. The molecule has 0 unspecified atom stereocenters. The molecule has 0 atom stereocenters. The number of nitriles is 1. The Labute approximate surface area is 301 Å². The molecule has 7 aromatic carbocycles. The van der Waals surface area contributed by atoms with E-state index >= 15 is 0 Å². The summed E-state index contributed by atoms with van der Waals surface area (Å²) in [6.07, 6.45) is 0. The monoisotopic (exact) mass is 663 g/mol. The minimum atomic E-state index is -0.499. The molecular weight excluding hydrogens is 635 g/mol. The van der Waals surface area contributed by atoms with Gasteiger partial charge in [0.15, 0.2) is 17.5 Å². The summed E-state index contributed by atoms with van der Waals surface area (Å²) in [5, 5.41) is 10.7. The molecular formula is C47H29N5. The van der Waals surface area contributed by atoms with E-state index in [-0.39, 0.29) is 0 Å². The van der Waals surface area contributed by atoms with Gasteiger partial charge in [-0.3, -0.25) is 0 Å². The van der Waals surface area contributed by atoms with Crippen LogP contribution in [-0.2, 0) is 5.41 Å². The average molecular weight is 664 g/mol. The highest BCUT2D eigenvalue weighted by atomic mass is 15.2. The Hall–Kier alpha value is -7.16. The standard InChI is InChI=1S/C47H29N5/c48-30-33-29-34(27-28-35(33)46-50-44(31-15-3-1-4-16-31)49-45(51-46)32-17-5-2-6-18-32)52-42-25-13-11-23-40(42)47(41-24-12-14-26-43(41)52)38-21-9-7-19-36(38)37-20-8-10-22-39(37)47/h1-29H. The molecule has 0 radical (unpaired) electrons. The third-order valence-electron chi connectivity index (χ3n) is 10.4. The molecule has 2 aliphatic rings. The van der Waals surface area contributed by atoms with Crippen LogP contribution in [0.1, 0.15) is 27.8 Å². The van der Waals surface area contributed by atoms with Crippen molar-refractivity contribution in [2.45, 2.75) is 5.41 Å². The third-order valence-corrected chi connectivity index (χ3v) is 10.4. The summed E-state index contributed by atoms with van der Waals surface area (Å²) in [6, 6.07) is 63.3. The summed E-state index contributed by atoms with van der Waals surface area (Å²) in [6.45, 7) is 0. The Morgan fingerprint density at radius 1 is 0.423 bits per heavy atom. The maximum absolute atomic E-state index is 10.7. The van der Waals surface area contributed by atoms with Gasteiger partial charge in [-0.2, -0.15) is 5.26 Å². The number of fused-ring (bicyclic) bond motifs is 9. The lowest BCUT2D eigenvalue weighted by Gasteiger charge is -2.45. The molecule has 1 aromatic heterocycles. The molecule has 0 bridgehead atoms. The number of aromatic nitrogens is 3. The van der Waals surface area contributed by atoms with E-state index in [0.29, 0.717) is 28.6 Å². The second kappa shape index (κ2) is 11.7. The lowest BCUT2D eigenvalue weighted by molar-refractivity contribution is 0.752. The number of benzene rings is 7. The van der Waals surface area contributed by atoms with E-state index in [1.54, 1.807) is 0 Å². The highest BCUT2D eigenvalue weighted by molar-refractivity contribution is 5.96. The summed E-state index contributed by atoms with van der Waals surface area (Å²) in [5.41, 5.74) is 12.9. The highest BCUT2D eigenvalue weighted by Crippen LogP contribution is 2.63. The van der Waals surface area contributed by atoms with Crippen LogP contribution in [0, 0.1) is 11.3 Å². The van der Waals surface area contributed by atoms with E-state index in [9.17, 15) is 5.26 Å². The first-order chi connectivity index (χ1) is 25.8. The van der Waals surface area contributed by atoms with Gasteiger partial charge in [0.1, 0.15) is 0 Å². The molecule has 0 fully saturated rings. The van der Waals surface area contributed by atoms with Crippen LogP contribution in [0.2, 0.25) is 0 Å². The van der Waals surface area contributed by atoms with Gasteiger partial charge in [0, 0.05) is 22.4 Å². The molecule has 5 nitrogen and oxygen atoms in total. The molecule has 0 saturated heterocycles. The first-order valence-corrected chi connectivity index (χ1v) is 17.4. The Bertz CT molecular complexity index is 2560. The maximum Gasteiger partial charge on any atom is 0.165 e. The maximum atomic E-state index is 10.7. The van der Waals surface area contributed by atoms with Gasteiger partial charge in [-0.05, 0) is 63.7 Å². The highest BCUT2D eigenvalue weighted by Gasteiger charge is 2.51. The molecule has 5 heteroatoms. The van der Waals surface area contributed by atoms with Gasteiger partial charge in [-0.1, -0.05) is 146 Å². The van der Waals surface area contributed by atoms with Gasteiger partial charge < -0.3 is 4.90 Å². The number of para-hydroxylation sites is 2. The number of anilines is 3. The van der Waals surface area contributed by atoms with Crippen molar-refractivity contribution < 1.29 is 0 Å². The summed E-state index contributed by atoms with van der Waals surface area (Å²) >= 11 is 0. The SMILES string of the molecule is N#Cc1cc(N2c3ccccc3C3(c4ccccc4-c4ccccc43)c3ccccc32)ccc1-c1nc(-c2ccccc2)nc(-c2ccccc2)n1. The summed E-state index contributed by atoms with van der Waals surface area (Å²) in [4.78, 5) is 17.0. The zero-order chi connectivity index (χ0) is 34.6. The fourth-order valence-electron chi connectivity index (χ4n) is 8.23. The molecule has 0 amide bonds. The van der Waals surface area contributed by atoms with Crippen LogP contribution in [-0.4, -0.2) is 15.0 Å². The molecule has 52 heavy (non-hydrogen) atoms. The van der Waals surface area contributed by atoms with Crippen molar-refractivity contribution in [1.29, 1.82) is 5.26 Å². The fourth-order valence-corrected chi connectivity index (χ4v) is 8.23. The van der Waals surface area contributed by atoms with E-state index in [1.807, 2.05) is 72.8 Å². The Morgan fingerprint density at radius 2 is 0.865 bits per heavy atom. The quantitative estimate of drug-likeness (QED) is 0.187. The van der Waals surface area contributed by atoms with Gasteiger partial charge >= 0.3 is 0 Å². The zero-order valence-electron chi connectivity index (χ0n) is 28.0. The van der Waals surface area contributed by atoms with Crippen LogP contribution in [0.15, 0.2) is 176 Å². The van der Waals surface area contributed by atoms with Gasteiger partial charge in [-0.15, -0.1) is 0 Å². The summed E-state index contributed by atoms with van der Waals surface area (Å²) < 4.78 is 0. The van der Waals surface area contributed by atoms with Crippen LogP contribution < -0.4 is 4.90 Å². The van der Waals surface area contributed by atoms with E-state index in [0.717, 1.165) is 28.2 Å². The van der Waals surface area contributed by atoms with Crippen LogP contribution >= 0.6 is 0 Å². The Kier molecular flexibility index (Phi) is 6.70. The lowest BCUT2D eigenvalue weighted by atomic mass is 9.64. The normalized spacial score (nSPS) is 13.1. The largest absolute Gasteiger partial charge is 0.310 e. The van der Waals surface area contributed by atoms with Crippen molar-refractivity contribution >= 4 is 17.1 Å². The number of hydrogen-bond acceptors (Lipinski definition) is 5. The van der Waals surface area contributed by atoms with E-state index in [4.69, 9.17) is 15.0 Å². The molecule has 10 rings (SSSR count). The average Bonchev–Trinajstić information content (AvgIpc) is 3.52. The van der Waals surface area contributed by atoms with Gasteiger partial charge in [0.25, 0.3) is 0 Å². The van der Waals surface area contributed by atoms with E-state index in [1.165, 1.54) is 33.4 Å². The minimum Gasteiger partial charge on any atom is -0.310 e. The van der Waals surface area contributed by atoms with Crippen LogP contribution in [0.4, 0.5) is 17.1 Å². The van der Waals surface area contributed by atoms with Crippen molar-refractivity contribution in [2.75, 3.05) is 4.90 Å². The van der Waals surface area contributed by atoms with Gasteiger partial charge in [-0.25, -0.2) is 15.0 Å². The minimum absolute atomic E-state index is 0.452. The molecule has 1 spiro atoms. The molecule has 1 aliphatic carbocycles. The molecule has 2 heterocycles. The molecule has 1 aliphatic heterocycles. The smallest absolute Gasteiger partial charge is 0.165 e. The predicted octanol–water partition coefficient (Wildman–Crippen LogP) is 10.9. The number of nitrogens with zero attached hydrogens (tertiary/aromatic N) is 5. The summed E-state index contributed by atoms with van der Waals surface area (Å²) in [5.74, 6) is 1.56. The topological polar surface area (TPSA) is 65.7 Å². The first kappa shape index (κ1) is 29.7. The van der Waals surface area contributed by atoms with Crippen molar-refractivity contribution in [2.24, 2.45) is 0 Å². The van der Waals surface area contributed by atoms with Gasteiger partial charge in [0.05, 0.1) is 28.4 Å². The molecule has 0 saturated carbocycles. The van der Waals surface area contributed by atoms with E-state index in [2.05, 4.69) is 114 Å². The second-order valence-electron chi connectivity index (χ2n) is 13.1. The predicted molar refractivity (Wildman–Crippen MR) is 206 cm³/mol. The van der Waals surface area contributed by atoms with Crippen LogP contribution in [0.3, 0.4) is 0 Å². The van der Waals surface area contributed by atoms with E-state index < -0.39 is 5.41 Å². The molecule has 0 N–H and O–H groups in total. The van der Waals surface area contributed by atoms with Gasteiger partial charge in [0.2, 0.25) is 0 Å². The van der Waals surface area contributed by atoms with Crippen LogP contribution in [0.5, 0.6) is 0 Å². The first-order valence-electron chi connectivity index (χ1n) is 17.4. The fraction of sp³-hybridized carbons (Fsp3) is 0.0213. The lowest BCUT2D eigenvalue weighted by Crippen LogP contribution is -2.36. The molecule has 242 valence electrons. The Balaban J connectivity index is 1.17. The summed E-state index contributed by atoms with van der Waals surface area (Å²) in [7, 11) is 0. The zero-order valence-corrected chi connectivity index (χ0v) is 28.0. The van der Waals surface area contributed by atoms with Crippen LogP contribution in [0.25, 0.3) is 45.3 Å². The van der Waals surface area contributed by atoms with Crippen molar-refractivity contribution in [3.63, 3.8) is 0 Å². The second-order valence-corrected chi connectivity index (χ2v) is 13.1. The van der Waals surface area contributed by atoms with Crippen molar-refractivity contribution in [3.8, 4) is 51.4 Å². The Morgan fingerprint density at radius 3 is 1.38 bits per heavy atom. The van der Waals surface area contributed by atoms with Crippen molar-refractivity contribution in [1.82, 2.24) is 15.0 Å². The third kappa shape index (κ3) is 4.31. The molecule has 8 aromatic rings. The van der Waals surface area contributed by atoms with Crippen molar-refractivity contribution in [3.05, 3.63) is 204 Å².